The van der Waals surface area contributed by atoms with Gasteiger partial charge in [-0.1, -0.05) is 0 Å². The van der Waals surface area contributed by atoms with Crippen molar-refractivity contribution in [3.8, 4) is 5.75 Å². The molecule has 0 aliphatic rings. The fourth-order valence-electron chi connectivity index (χ4n) is 1.29. The van der Waals surface area contributed by atoms with Crippen LogP contribution in [-0.4, -0.2) is 26.6 Å². The summed E-state index contributed by atoms with van der Waals surface area (Å²) in [6, 6.07) is 2.57. The molecule has 0 fully saturated rings. The minimum absolute atomic E-state index is 0.235. The molecule has 1 aromatic carbocycles. The predicted octanol–water partition coefficient (Wildman–Crippen LogP) is 1.63. The third kappa shape index (κ3) is 2.45. The monoisotopic (exact) mass is 264 g/mol. The van der Waals surface area contributed by atoms with Crippen molar-refractivity contribution in [3.05, 3.63) is 23.3 Å². The molecule has 1 aromatic rings. The molecule has 0 saturated heterocycles. The Labute approximate surface area is 97.0 Å². The molecule has 7 heteroatoms. The van der Waals surface area contributed by atoms with Crippen molar-refractivity contribution < 1.29 is 23.1 Å². The number of halogens is 1. The summed E-state index contributed by atoms with van der Waals surface area (Å²) >= 11 is 0. The molecule has 0 aromatic heterocycles. The number of aryl methyl sites for hydroxylation is 1. The molecule has 0 aliphatic carbocycles. The summed E-state index contributed by atoms with van der Waals surface area (Å²) in [5, 5.41) is 8.89. The maximum absolute atomic E-state index is 11.2. The molecule has 5 nitrogen and oxygen atoms in total. The van der Waals surface area contributed by atoms with Gasteiger partial charge >= 0.3 is 5.97 Å². The number of rotatable bonds is 3. The Morgan fingerprint density at radius 1 is 1.44 bits per heavy atom. The summed E-state index contributed by atoms with van der Waals surface area (Å²) in [7, 11) is 2.33. The zero-order chi connectivity index (χ0) is 12.5. The lowest BCUT2D eigenvalue weighted by Gasteiger charge is -2.10. The number of carboxylic acids is 1. The van der Waals surface area contributed by atoms with Crippen LogP contribution < -0.4 is 4.74 Å². The van der Waals surface area contributed by atoms with Crippen LogP contribution in [0.15, 0.2) is 17.0 Å². The van der Waals surface area contributed by atoms with E-state index in [0.29, 0.717) is 5.56 Å². The van der Waals surface area contributed by atoms with Crippen LogP contribution in [0.1, 0.15) is 15.9 Å². The van der Waals surface area contributed by atoms with Crippen LogP contribution in [-0.2, 0) is 9.05 Å². The average molecular weight is 265 g/mol. The van der Waals surface area contributed by atoms with Crippen molar-refractivity contribution in [1.29, 1.82) is 0 Å². The molecule has 1 N–H and O–H groups in total. The van der Waals surface area contributed by atoms with Crippen LogP contribution in [0.4, 0.5) is 0 Å². The summed E-state index contributed by atoms with van der Waals surface area (Å²) in [6.45, 7) is 1.57. The second-order valence-corrected chi connectivity index (χ2v) is 5.62. The van der Waals surface area contributed by atoms with Crippen molar-refractivity contribution >= 4 is 25.7 Å². The molecule has 88 valence electrons. The largest absolute Gasteiger partial charge is 0.494 e. The molecular weight excluding hydrogens is 256 g/mol. The molecule has 0 unspecified atom stereocenters. The second kappa shape index (κ2) is 4.31. The van der Waals surface area contributed by atoms with Crippen LogP contribution in [0.5, 0.6) is 5.75 Å². The number of carboxylic acid groups (broad SMARTS) is 1. The van der Waals surface area contributed by atoms with Gasteiger partial charge in [-0.2, -0.15) is 0 Å². The van der Waals surface area contributed by atoms with Crippen LogP contribution in [0.3, 0.4) is 0 Å². The molecule has 0 heterocycles. The molecular formula is C9H9ClO5S. The van der Waals surface area contributed by atoms with Gasteiger partial charge in [-0.25, -0.2) is 13.2 Å². The van der Waals surface area contributed by atoms with Gasteiger partial charge in [0.05, 0.1) is 7.11 Å². The zero-order valence-electron chi connectivity index (χ0n) is 8.52. The van der Waals surface area contributed by atoms with E-state index >= 15 is 0 Å². The van der Waals surface area contributed by atoms with E-state index in [1.807, 2.05) is 0 Å². The van der Waals surface area contributed by atoms with E-state index in [9.17, 15) is 13.2 Å². The summed E-state index contributed by atoms with van der Waals surface area (Å²) < 4.78 is 27.2. The van der Waals surface area contributed by atoms with Gasteiger partial charge < -0.3 is 9.84 Å². The van der Waals surface area contributed by atoms with E-state index in [4.69, 9.17) is 20.5 Å². The predicted molar refractivity (Wildman–Crippen MR) is 57.7 cm³/mol. The smallest absolute Gasteiger partial charge is 0.339 e. The lowest BCUT2D eigenvalue weighted by atomic mass is 10.1. The molecule has 0 bridgehead atoms. The Hall–Kier alpha value is -1.27. The number of carbonyl (C=O) groups is 1. The minimum Gasteiger partial charge on any atom is -0.494 e. The summed E-state index contributed by atoms with van der Waals surface area (Å²) in [5.74, 6) is -1.53. The van der Waals surface area contributed by atoms with Gasteiger partial charge in [-0.3, -0.25) is 0 Å². The van der Waals surface area contributed by atoms with E-state index < -0.39 is 15.0 Å². The molecule has 0 spiro atoms. The van der Waals surface area contributed by atoms with Crippen LogP contribution in [0.2, 0.25) is 0 Å². The van der Waals surface area contributed by atoms with Gasteiger partial charge in [-0.05, 0) is 24.6 Å². The Morgan fingerprint density at radius 2 is 2.00 bits per heavy atom. The first kappa shape index (κ1) is 12.8. The van der Waals surface area contributed by atoms with Crippen LogP contribution in [0.25, 0.3) is 0 Å². The van der Waals surface area contributed by atoms with Crippen molar-refractivity contribution in [2.75, 3.05) is 7.11 Å². The van der Waals surface area contributed by atoms with Gasteiger partial charge in [0.15, 0.2) is 5.75 Å². The Balaban J connectivity index is 3.68. The molecule has 0 amide bonds. The Bertz CT molecular complexity index is 535. The lowest BCUT2D eigenvalue weighted by molar-refractivity contribution is 0.0692. The number of hydrogen-bond donors (Lipinski definition) is 1. The molecule has 0 saturated carbocycles. The highest BCUT2D eigenvalue weighted by molar-refractivity contribution is 8.13. The fourth-order valence-corrected chi connectivity index (χ4v) is 2.38. The maximum Gasteiger partial charge on any atom is 0.339 e. The van der Waals surface area contributed by atoms with Crippen LogP contribution >= 0.6 is 10.7 Å². The quantitative estimate of drug-likeness (QED) is 0.839. The highest BCUT2D eigenvalue weighted by atomic mass is 35.7. The number of ether oxygens (including phenoxy) is 1. The van der Waals surface area contributed by atoms with Crippen molar-refractivity contribution in [3.63, 3.8) is 0 Å². The summed E-state index contributed by atoms with van der Waals surface area (Å²) in [6.07, 6.45) is 0. The fraction of sp³-hybridized carbons (Fsp3) is 0.222. The molecule has 16 heavy (non-hydrogen) atoms. The standard InChI is InChI=1S/C9H9ClO5S/c1-5-3-6(9(11)12)8(15-2)7(4-5)16(10,13)14/h3-4H,1-2H3,(H,11,12). The first-order chi connectivity index (χ1) is 7.27. The lowest BCUT2D eigenvalue weighted by Crippen LogP contribution is -2.06. The van der Waals surface area contributed by atoms with Gasteiger partial charge in [0.1, 0.15) is 10.5 Å². The molecule has 0 radical (unpaired) electrons. The minimum atomic E-state index is -4.04. The van der Waals surface area contributed by atoms with E-state index in [1.165, 1.54) is 19.2 Å². The van der Waals surface area contributed by atoms with Crippen molar-refractivity contribution in [1.82, 2.24) is 0 Å². The third-order valence-corrected chi connectivity index (χ3v) is 3.22. The molecule has 0 atom stereocenters. The summed E-state index contributed by atoms with van der Waals surface area (Å²) in [5.41, 5.74) is 0.235. The van der Waals surface area contributed by atoms with Crippen LogP contribution in [0, 0.1) is 6.92 Å². The van der Waals surface area contributed by atoms with Gasteiger partial charge in [0.25, 0.3) is 9.05 Å². The Morgan fingerprint density at radius 3 is 2.38 bits per heavy atom. The van der Waals surface area contributed by atoms with E-state index in [1.54, 1.807) is 6.92 Å². The maximum atomic E-state index is 11.2. The second-order valence-electron chi connectivity index (χ2n) is 3.09. The van der Waals surface area contributed by atoms with Gasteiger partial charge in [0.2, 0.25) is 0 Å². The molecule has 0 aliphatic heterocycles. The first-order valence-electron chi connectivity index (χ1n) is 4.14. The number of benzene rings is 1. The average Bonchev–Trinajstić information content (AvgIpc) is 2.14. The normalized spacial score (nSPS) is 11.2. The topological polar surface area (TPSA) is 80.7 Å². The van der Waals surface area contributed by atoms with Crippen molar-refractivity contribution in [2.24, 2.45) is 0 Å². The first-order valence-corrected chi connectivity index (χ1v) is 6.45. The SMILES string of the molecule is COc1c(C(=O)O)cc(C)cc1S(=O)(=O)Cl. The third-order valence-electron chi connectivity index (χ3n) is 1.90. The zero-order valence-corrected chi connectivity index (χ0v) is 10.1. The molecule has 1 rings (SSSR count). The summed E-state index contributed by atoms with van der Waals surface area (Å²) in [4.78, 5) is 10.6. The van der Waals surface area contributed by atoms with E-state index in [-0.39, 0.29) is 16.2 Å². The van der Waals surface area contributed by atoms with Crippen molar-refractivity contribution in [2.45, 2.75) is 11.8 Å². The number of hydrogen-bond acceptors (Lipinski definition) is 4. The van der Waals surface area contributed by atoms with Gasteiger partial charge in [-0.15, -0.1) is 0 Å². The Kier molecular flexibility index (Phi) is 3.44. The van der Waals surface area contributed by atoms with Gasteiger partial charge in [0, 0.05) is 10.7 Å². The number of aromatic carboxylic acids is 1. The number of methoxy groups -OCH3 is 1. The van der Waals surface area contributed by atoms with E-state index in [0.717, 1.165) is 0 Å². The van der Waals surface area contributed by atoms with E-state index in [2.05, 4.69) is 0 Å². The highest BCUT2D eigenvalue weighted by Gasteiger charge is 2.23. The highest BCUT2D eigenvalue weighted by Crippen LogP contribution is 2.31.